The first-order chi connectivity index (χ1) is 8.59. The monoisotopic (exact) mass is 251 g/mol. The summed E-state index contributed by atoms with van der Waals surface area (Å²) in [5, 5.41) is 0. The van der Waals surface area contributed by atoms with Gasteiger partial charge in [0.1, 0.15) is 6.54 Å². The molecule has 0 bridgehead atoms. The van der Waals surface area contributed by atoms with Crippen molar-refractivity contribution in [3.05, 3.63) is 33.1 Å². The molecule has 0 radical (unpaired) electrons. The molecule has 0 N–H and O–H groups in total. The van der Waals surface area contributed by atoms with Gasteiger partial charge in [-0.3, -0.25) is 14.2 Å². The zero-order valence-electron chi connectivity index (χ0n) is 10.5. The van der Waals surface area contributed by atoms with E-state index in [9.17, 15) is 14.4 Å². The molecule has 1 aliphatic heterocycles. The molecule has 18 heavy (non-hydrogen) atoms. The van der Waals surface area contributed by atoms with Crippen molar-refractivity contribution in [1.29, 1.82) is 0 Å². The average Bonchev–Trinajstić information content (AvgIpc) is 2.40. The lowest BCUT2D eigenvalue weighted by atomic mass is 10.1. The van der Waals surface area contributed by atoms with Crippen LogP contribution >= 0.6 is 0 Å². The van der Waals surface area contributed by atoms with Crippen LogP contribution in [0.4, 0.5) is 0 Å². The number of hydrogen-bond acceptors (Lipinski definition) is 3. The zero-order valence-corrected chi connectivity index (χ0v) is 10.5. The van der Waals surface area contributed by atoms with E-state index in [0.29, 0.717) is 0 Å². The Morgan fingerprint density at radius 2 is 1.89 bits per heavy atom. The summed E-state index contributed by atoms with van der Waals surface area (Å²) in [5.74, 6) is -0.153. The van der Waals surface area contributed by atoms with Crippen LogP contribution < -0.4 is 11.2 Å². The van der Waals surface area contributed by atoms with Crippen molar-refractivity contribution >= 4 is 5.91 Å². The molecule has 2 heterocycles. The maximum absolute atomic E-state index is 12.0. The number of aryl methyl sites for hydroxylation is 1. The molecule has 98 valence electrons. The second-order valence-corrected chi connectivity index (χ2v) is 4.58. The topological polar surface area (TPSA) is 64.3 Å². The van der Waals surface area contributed by atoms with Gasteiger partial charge in [0.2, 0.25) is 5.91 Å². The summed E-state index contributed by atoms with van der Waals surface area (Å²) in [6.45, 7) is 1.29. The smallest absolute Gasteiger partial charge is 0.331 e. The van der Waals surface area contributed by atoms with Crippen LogP contribution in [-0.2, 0) is 18.4 Å². The van der Waals surface area contributed by atoms with Crippen LogP contribution in [0.1, 0.15) is 19.3 Å². The van der Waals surface area contributed by atoms with Gasteiger partial charge in [0.05, 0.1) is 0 Å². The van der Waals surface area contributed by atoms with Gasteiger partial charge in [0, 0.05) is 32.4 Å². The highest BCUT2D eigenvalue weighted by Crippen LogP contribution is 2.08. The Kier molecular flexibility index (Phi) is 3.64. The van der Waals surface area contributed by atoms with E-state index in [1.165, 1.54) is 16.8 Å². The van der Waals surface area contributed by atoms with E-state index in [0.717, 1.165) is 36.9 Å². The van der Waals surface area contributed by atoms with E-state index in [2.05, 4.69) is 0 Å². The number of piperidine rings is 1. The second kappa shape index (κ2) is 5.20. The summed E-state index contributed by atoms with van der Waals surface area (Å²) in [5.41, 5.74) is -0.878. The number of rotatable bonds is 2. The Labute approximate surface area is 104 Å². The van der Waals surface area contributed by atoms with Gasteiger partial charge in [0.15, 0.2) is 0 Å². The summed E-state index contributed by atoms with van der Waals surface area (Å²) in [7, 11) is 1.56. The fraction of sp³-hybridized carbons (Fsp3) is 0.583. The highest BCUT2D eigenvalue weighted by molar-refractivity contribution is 5.76. The van der Waals surface area contributed by atoms with Crippen LogP contribution in [0.15, 0.2) is 21.9 Å². The minimum Gasteiger partial charge on any atom is -0.341 e. The zero-order chi connectivity index (χ0) is 13.1. The van der Waals surface area contributed by atoms with Crippen molar-refractivity contribution in [3.8, 4) is 0 Å². The number of carbonyl (C=O) groups excluding carboxylic acids is 1. The van der Waals surface area contributed by atoms with Crippen LogP contribution in [0.2, 0.25) is 0 Å². The van der Waals surface area contributed by atoms with E-state index in [-0.39, 0.29) is 12.5 Å². The molecule has 1 saturated heterocycles. The summed E-state index contributed by atoms with van der Waals surface area (Å²) in [6, 6.07) is 1.30. The third-order valence-corrected chi connectivity index (χ3v) is 3.24. The van der Waals surface area contributed by atoms with E-state index in [4.69, 9.17) is 0 Å². The molecule has 1 fully saturated rings. The first-order valence-electron chi connectivity index (χ1n) is 6.14. The van der Waals surface area contributed by atoms with E-state index in [1.807, 2.05) is 0 Å². The molecular formula is C12H17N3O3. The summed E-state index contributed by atoms with van der Waals surface area (Å²) >= 11 is 0. The molecule has 6 heteroatoms. The maximum atomic E-state index is 12.0. The predicted octanol–water partition coefficient (Wildman–Crippen LogP) is -0.441. The first kappa shape index (κ1) is 12.6. The molecule has 0 spiro atoms. The van der Waals surface area contributed by atoms with E-state index >= 15 is 0 Å². The lowest BCUT2D eigenvalue weighted by Crippen LogP contribution is -2.45. The van der Waals surface area contributed by atoms with Crippen LogP contribution in [-0.4, -0.2) is 33.0 Å². The van der Waals surface area contributed by atoms with Crippen LogP contribution in [0, 0.1) is 0 Å². The van der Waals surface area contributed by atoms with Crippen LogP contribution in [0.5, 0.6) is 0 Å². The third kappa shape index (κ3) is 2.52. The molecule has 1 aromatic heterocycles. The van der Waals surface area contributed by atoms with Crippen molar-refractivity contribution in [2.75, 3.05) is 13.1 Å². The van der Waals surface area contributed by atoms with Crippen molar-refractivity contribution in [2.45, 2.75) is 25.8 Å². The highest BCUT2D eigenvalue weighted by Gasteiger charge is 2.18. The van der Waals surface area contributed by atoms with Gasteiger partial charge >= 0.3 is 5.69 Å². The molecule has 2 rings (SSSR count). The molecule has 0 unspecified atom stereocenters. The van der Waals surface area contributed by atoms with Crippen molar-refractivity contribution < 1.29 is 4.79 Å². The number of hydrogen-bond donors (Lipinski definition) is 0. The SMILES string of the molecule is Cn1ccc(=O)n(CC(=O)N2CCCCC2)c1=O. The molecule has 6 nitrogen and oxygen atoms in total. The molecule has 0 aromatic carbocycles. The standard InChI is InChI=1S/C12H17N3O3/c1-13-8-5-10(16)15(12(13)18)9-11(17)14-6-3-2-4-7-14/h5,8H,2-4,6-7,9H2,1H3. The Morgan fingerprint density at radius 1 is 1.22 bits per heavy atom. The van der Waals surface area contributed by atoms with Gasteiger partial charge in [-0.05, 0) is 19.3 Å². The van der Waals surface area contributed by atoms with Gasteiger partial charge in [0.25, 0.3) is 5.56 Å². The number of amides is 1. The van der Waals surface area contributed by atoms with Crippen molar-refractivity contribution in [2.24, 2.45) is 7.05 Å². The Hall–Kier alpha value is -1.85. The molecule has 0 saturated carbocycles. The number of aromatic nitrogens is 2. The Bertz CT molecular complexity index is 552. The second-order valence-electron chi connectivity index (χ2n) is 4.58. The molecule has 1 aromatic rings. The number of likely N-dealkylation sites (tertiary alicyclic amines) is 1. The summed E-state index contributed by atoms with van der Waals surface area (Å²) in [4.78, 5) is 37.1. The lowest BCUT2D eigenvalue weighted by Gasteiger charge is -2.26. The Balaban J connectivity index is 2.19. The minimum atomic E-state index is -0.451. The highest BCUT2D eigenvalue weighted by atomic mass is 16.2. The van der Waals surface area contributed by atoms with E-state index < -0.39 is 11.2 Å². The molecule has 1 aliphatic rings. The van der Waals surface area contributed by atoms with Gasteiger partial charge in [-0.2, -0.15) is 0 Å². The molecular weight excluding hydrogens is 234 g/mol. The number of carbonyl (C=O) groups is 1. The van der Waals surface area contributed by atoms with Gasteiger partial charge in [-0.25, -0.2) is 4.79 Å². The average molecular weight is 251 g/mol. The quantitative estimate of drug-likeness (QED) is 0.715. The van der Waals surface area contributed by atoms with Crippen molar-refractivity contribution in [3.63, 3.8) is 0 Å². The minimum absolute atomic E-state index is 0.153. The van der Waals surface area contributed by atoms with Gasteiger partial charge in [-0.15, -0.1) is 0 Å². The largest absolute Gasteiger partial charge is 0.341 e. The summed E-state index contributed by atoms with van der Waals surface area (Å²) < 4.78 is 2.28. The lowest BCUT2D eigenvalue weighted by molar-refractivity contribution is -0.132. The Morgan fingerprint density at radius 3 is 2.56 bits per heavy atom. The molecule has 1 amide bonds. The molecule has 0 atom stereocenters. The first-order valence-corrected chi connectivity index (χ1v) is 6.14. The third-order valence-electron chi connectivity index (χ3n) is 3.24. The fourth-order valence-electron chi connectivity index (χ4n) is 2.14. The predicted molar refractivity (Wildman–Crippen MR) is 66.4 cm³/mol. The van der Waals surface area contributed by atoms with Crippen molar-refractivity contribution in [1.82, 2.24) is 14.0 Å². The fourth-order valence-corrected chi connectivity index (χ4v) is 2.14. The maximum Gasteiger partial charge on any atom is 0.331 e. The van der Waals surface area contributed by atoms with Crippen LogP contribution in [0.25, 0.3) is 0 Å². The normalized spacial score (nSPS) is 15.7. The van der Waals surface area contributed by atoms with Gasteiger partial charge in [-0.1, -0.05) is 0 Å². The number of nitrogens with zero attached hydrogens (tertiary/aromatic N) is 3. The molecule has 0 aliphatic carbocycles. The van der Waals surface area contributed by atoms with E-state index in [1.54, 1.807) is 11.9 Å². The van der Waals surface area contributed by atoms with Crippen LogP contribution in [0.3, 0.4) is 0 Å². The van der Waals surface area contributed by atoms with Gasteiger partial charge < -0.3 is 9.47 Å². The summed E-state index contributed by atoms with van der Waals surface area (Å²) in [6.07, 6.45) is 4.53.